The highest BCUT2D eigenvalue weighted by Gasteiger charge is 2.23. The zero-order valence-electron chi connectivity index (χ0n) is 15.3. The van der Waals surface area contributed by atoms with Crippen molar-refractivity contribution in [3.05, 3.63) is 71.8 Å². The number of nitrogens with one attached hydrogen (secondary N) is 1. The van der Waals surface area contributed by atoms with E-state index >= 15 is 0 Å². The van der Waals surface area contributed by atoms with Crippen LogP contribution in [0.1, 0.15) is 48.5 Å². The molecule has 0 aliphatic rings. The van der Waals surface area contributed by atoms with E-state index in [0.717, 1.165) is 31.2 Å². The molecular formula is C22H27NO3. The molecule has 138 valence electrons. The maximum Gasteiger partial charge on any atom is 0.328 e. The van der Waals surface area contributed by atoms with E-state index in [4.69, 9.17) is 4.74 Å². The minimum absolute atomic E-state index is 0.269. The molecule has 0 aliphatic heterocycles. The molecule has 26 heavy (non-hydrogen) atoms. The fraction of sp³-hybridized carbons (Fsp3) is 0.364. The summed E-state index contributed by atoms with van der Waals surface area (Å²) in [6.45, 7) is 2.53. The molecule has 1 amide bonds. The number of esters is 1. The van der Waals surface area contributed by atoms with Crippen LogP contribution in [0.15, 0.2) is 60.7 Å². The summed E-state index contributed by atoms with van der Waals surface area (Å²) >= 11 is 0. The van der Waals surface area contributed by atoms with Gasteiger partial charge < -0.3 is 10.1 Å². The minimum Gasteiger partial charge on any atom is -0.464 e. The molecule has 4 nitrogen and oxygen atoms in total. The molecule has 0 aliphatic carbocycles. The van der Waals surface area contributed by atoms with Crippen molar-refractivity contribution in [2.24, 2.45) is 0 Å². The van der Waals surface area contributed by atoms with Crippen LogP contribution < -0.4 is 5.32 Å². The molecule has 0 aromatic heterocycles. The number of ether oxygens (including phenoxy) is 1. The standard InChI is InChI=1S/C22H27NO3/c1-2-3-4-11-16-26-22(25)20(17-18-12-7-5-8-13-18)23-21(24)19-14-9-6-10-15-19/h5-10,12-15,20H,2-4,11,16-17H2,1H3,(H,23,24). The molecule has 2 rings (SSSR count). The topological polar surface area (TPSA) is 55.4 Å². The molecule has 0 radical (unpaired) electrons. The first-order valence-electron chi connectivity index (χ1n) is 9.27. The Labute approximate surface area is 155 Å². The quantitative estimate of drug-likeness (QED) is 0.516. The number of carbonyl (C=O) groups is 2. The lowest BCUT2D eigenvalue weighted by Gasteiger charge is -2.18. The van der Waals surface area contributed by atoms with E-state index < -0.39 is 6.04 Å². The lowest BCUT2D eigenvalue weighted by molar-refractivity contribution is -0.146. The molecule has 2 aromatic rings. The molecule has 4 heteroatoms. The summed E-state index contributed by atoms with van der Waals surface area (Å²) in [5.41, 5.74) is 1.51. The monoisotopic (exact) mass is 353 g/mol. The molecule has 1 unspecified atom stereocenters. The van der Waals surface area contributed by atoms with Crippen LogP contribution in [0.25, 0.3) is 0 Å². The normalized spacial score (nSPS) is 11.6. The van der Waals surface area contributed by atoms with Crippen molar-refractivity contribution in [2.75, 3.05) is 6.61 Å². The van der Waals surface area contributed by atoms with Gasteiger partial charge in [-0.05, 0) is 24.1 Å². The van der Waals surface area contributed by atoms with Gasteiger partial charge >= 0.3 is 5.97 Å². The van der Waals surface area contributed by atoms with Crippen molar-refractivity contribution >= 4 is 11.9 Å². The zero-order valence-corrected chi connectivity index (χ0v) is 15.3. The number of hydrogen-bond donors (Lipinski definition) is 1. The van der Waals surface area contributed by atoms with Crippen LogP contribution >= 0.6 is 0 Å². The molecule has 0 saturated carbocycles. The molecule has 0 spiro atoms. The predicted octanol–water partition coefficient (Wildman–Crippen LogP) is 4.15. The smallest absolute Gasteiger partial charge is 0.328 e. The SMILES string of the molecule is CCCCCCOC(=O)C(Cc1ccccc1)NC(=O)c1ccccc1. The third kappa shape index (κ3) is 6.71. The van der Waals surface area contributed by atoms with E-state index in [-0.39, 0.29) is 11.9 Å². The molecular weight excluding hydrogens is 326 g/mol. The summed E-state index contributed by atoms with van der Waals surface area (Å²) in [6.07, 6.45) is 4.58. The summed E-state index contributed by atoms with van der Waals surface area (Å²) in [6, 6.07) is 17.8. The second-order valence-corrected chi connectivity index (χ2v) is 6.31. The lowest BCUT2D eigenvalue weighted by atomic mass is 10.1. The third-order valence-electron chi connectivity index (χ3n) is 4.15. The first kappa shape index (κ1) is 19.7. The van der Waals surface area contributed by atoms with Gasteiger partial charge in [-0.15, -0.1) is 0 Å². The first-order chi connectivity index (χ1) is 12.7. The van der Waals surface area contributed by atoms with E-state index in [1.54, 1.807) is 24.3 Å². The first-order valence-corrected chi connectivity index (χ1v) is 9.27. The van der Waals surface area contributed by atoms with Gasteiger partial charge in [-0.1, -0.05) is 74.7 Å². The fourth-order valence-electron chi connectivity index (χ4n) is 2.68. The molecule has 0 saturated heterocycles. The lowest BCUT2D eigenvalue weighted by Crippen LogP contribution is -2.43. The van der Waals surface area contributed by atoms with Gasteiger partial charge in [0.1, 0.15) is 6.04 Å². The second kappa shape index (κ2) is 11.1. The van der Waals surface area contributed by atoms with Gasteiger partial charge in [0.15, 0.2) is 0 Å². The maximum absolute atomic E-state index is 12.5. The summed E-state index contributed by atoms with van der Waals surface area (Å²) in [7, 11) is 0. The molecule has 1 atom stereocenters. The largest absolute Gasteiger partial charge is 0.464 e. The van der Waals surface area contributed by atoms with Gasteiger partial charge in [0.25, 0.3) is 5.91 Å². The van der Waals surface area contributed by atoms with Crippen molar-refractivity contribution in [1.82, 2.24) is 5.32 Å². The number of unbranched alkanes of at least 4 members (excludes halogenated alkanes) is 3. The van der Waals surface area contributed by atoms with Crippen molar-refractivity contribution in [2.45, 2.75) is 45.1 Å². The molecule has 0 bridgehead atoms. The van der Waals surface area contributed by atoms with Gasteiger partial charge in [0, 0.05) is 12.0 Å². The van der Waals surface area contributed by atoms with Crippen LogP contribution in [0, 0.1) is 0 Å². The Morgan fingerprint density at radius 2 is 1.58 bits per heavy atom. The van der Waals surface area contributed by atoms with Crippen LogP contribution in [0.5, 0.6) is 0 Å². The summed E-state index contributed by atoms with van der Waals surface area (Å²) in [5, 5.41) is 2.82. The Kier molecular flexibility index (Phi) is 8.40. The zero-order chi connectivity index (χ0) is 18.6. The Morgan fingerprint density at radius 1 is 0.923 bits per heavy atom. The number of rotatable bonds is 10. The fourth-order valence-corrected chi connectivity index (χ4v) is 2.68. The van der Waals surface area contributed by atoms with Crippen LogP contribution in [-0.4, -0.2) is 24.5 Å². The summed E-state index contributed by atoms with van der Waals surface area (Å²) in [4.78, 5) is 25.0. The highest BCUT2D eigenvalue weighted by atomic mass is 16.5. The molecule has 0 fully saturated rings. The Hall–Kier alpha value is -2.62. The van der Waals surface area contributed by atoms with Crippen molar-refractivity contribution in [3.8, 4) is 0 Å². The minimum atomic E-state index is -0.698. The van der Waals surface area contributed by atoms with Crippen molar-refractivity contribution in [1.29, 1.82) is 0 Å². The van der Waals surface area contributed by atoms with Gasteiger partial charge in [-0.2, -0.15) is 0 Å². The maximum atomic E-state index is 12.5. The van der Waals surface area contributed by atoms with E-state index in [0.29, 0.717) is 18.6 Å². The Morgan fingerprint density at radius 3 is 2.23 bits per heavy atom. The van der Waals surface area contributed by atoms with E-state index in [1.807, 2.05) is 36.4 Å². The van der Waals surface area contributed by atoms with E-state index in [2.05, 4.69) is 12.2 Å². The summed E-state index contributed by atoms with van der Waals surface area (Å²) in [5.74, 6) is -0.649. The average Bonchev–Trinajstić information content (AvgIpc) is 2.68. The van der Waals surface area contributed by atoms with Gasteiger partial charge in [0.2, 0.25) is 0 Å². The van der Waals surface area contributed by atoms with Gasteiger partial charge in [0.05, 0.1) is 6.61 Å². The van der Waals surface area contributed by atoms with Crippen LogP contribution in [0.3, 0.4) is 0 Å². The summed E-state index contributed by atoms with van der Waals surface area (Å²) < 4.78 is 5.41. The van der Waals surface area contributed by atoms with Crippen molar-refractivity contribution < 1.29 is 14.3 Å². The number of carbonyl (C=O) groups excluding carboxylic acids is 2. The Bertz CT molecular complexity index is 670. The highest BCUT2D eigenvalue weighted by molar-refractivity contribution is 5.96. The predicted molar refractivity (Wildman–Crippen MR) is 103 cm³/mol. The molecule has 0 heterocycles. The highest BCUT2D eigenvalue weighted by Crippen LogP contribution is 2.08. The van der Waals surface area contributed by atoms with E-state index in [9.17, 15) is 9.59 Å². The van der Waals surface area contributed by atoms with Crippen molar-refractivity contribution in [3.63, 3.8) is 0 Å². The second-order valence-electron chi connectivity index (χ2n) is 6.31. The number of amides is 1. The van der Waals surface area contributed by atoms with E-state index in [1.165, 1.54) is 0 Å². The number of benzene rings is 2. The van der Waals surface area contributed by atoms with Crippen LogP contribution in [-0.2, 0) is 16.0 Å². The van der Waals surface area contributed by atoms with Crippen LogP contribution in [0.4, 0.5) is 0 Å². The van der Waals surface area contributed by atoms with Gasteiger partial charge in [-0.25, -0.2) is 4.79 Å². The average molecular weight is 353 g/mol. The van der Waals surface area contributed by atoms with Crippen LogP contribution in [0.2, 0.25) is 0 Å². The molecule has 2 aromatic carbocycles. The Balaban J connectivity index is 1.98. The number of hydrogen-bond acceptors (Lipinski definition) is 3. The molecule has 1 N–H and O–H groups in total. The van der Waals surface area contributed by atoms with Gasteiger partial charge in [-0.3, -0.25) is 4.79 Å². The third-order valence-corrected chi connectivity index (χ3v) is 4.15.